The molecule has 0 saturated carbocycles. The Hall–Kier alpha value is -0.910. The molecule has 0 fully saturated rings. The van der Waals surface area contributed by atoms with Crippen LogP contribution < -0.4 is 5.32 Å². The van der Waals surface area contributed by atoms with Gasteiger partial charge in [0, 0.05) is 24.0 Å². The van der Waals surface area contributed by atoms with Gasteiger partial charge in [0.15, 0.2) is 5.13 Å². The molecule has 0 unspecified atom stereocenters. The standard InChI is InChI=1S/C12H16N2OS2/c1-2-13-12-14-8-11(17-12)9-15-6-5-10-4-3-7-16-10/h3-4,7-8H,2,5-6,9H2,1H3,(H,13,14). The van der Waals surface area contributed by atoms with Crippen molar-refractivity contribution in [2.45, 2.75) is 20.0 Å². The van der Waals surface area contributed by atoms with Crippen molar-refractivity contribution in [3.05, 3.63) is 33.5 Å². The van der Waals surface area contributed by atoms with Crippen LogP contribution in [0.4, 0.5) is 5.13 Å². The molecule has 0 aromatic carbocycles. The number of rotatable bonds is 7. The third kappa shape index (κ3) is 4.11. The summed E-state index contributed by atoms with van der Waals surface area (Å²) in [7, 11) is 0. The highest BCUT2D eigenvalue weighted by Crippen LogP contribution is 2.18. The lowest BCUT2D eigenvalue weighted by Gasteiger charge is -2.00. The van der Waals surface area contributed by atoms with Gasteiger partial charge >= 0.3 is 0 Å². The van der Waals surface area contributed by atoms with E-state index in [1.165, 1.54) is 9.75 Å². The molecule has 0 atom stereocenters. The maximum absolute atomic E-state index is 5.63. The van der Waals surface area contributed by atoms with Crippen molar-refractivity contribution >= 4 is 27.8 Å². The Morgan fingerprint density at radius 3 is 3.12 bits per heavy atom. The van der Waals surface area contributed by atoms with Crippen LogP contribution in [0.5, 0.6) is 0 Å². The molecule has 3 nitrogen and oxygen atoms in total. The van der Waals surface area contributed by atoms with E-state index >= 15 is 0 Å². The molecule has 5 heteroatoms. The molecule has 0 aliphatic heterocycles. The molecule has 0 saturated heterocycles. The second-order valence-corrected chi connectivity index (χ2v) is 5.69. The molecule has 0 aliphatic rings. The van der Waals surface area contributed by atoms with Crippen LogP contribution in [-0.2, 0) is 17.8 Å². The van der Waals surface area contributed by atoms with Gasteiger partial charge in [-0.15, -0.1) is 11.3 Å². The number of anilines is 1. The number of aromatic nitrogens is 1. The van der Waals surface area contributed by atoms with Gasteiger partial charge in [0.1, 0.15) is 0 Å². The van der Waals surface area contributed by atoms with Crippen molar-refractivity contribution < 1.29 is 4.74 Å². The van der Waals surface area contributed by atoms with Gasteiger partial charge in [-0.3, -0.25) is 0 Å². The van der Waals surface area contributed by atoms with Crippen LogP contribution in [0.25, 0.3) is 0 Å². The fourth-order valence-electron chi connectivity index (χ4n) is 1.41. The fourth-order valence-corrected chi connectivity index (χ4v) is 2.92. The number of hydrogen-bond acceptors (Lipinski definition) is 5. The molecule has 92 valence electrons. The van der Waals surface area contributed by atoms with Gasteiger partial charge in [-0.25, -0.2) is 4.98 Å². The molecule has 17 heavy (non-hydrogen) atoms. The molecule has 2 aromatic heterocycles. The Labute approximate surface area is 109 Å². The zero-order valence-electron chi connectivity index (χ0n) is 9.81. The highest BCUT2D eigenvalue weighted by Gasteiger charge is 2.01. The van der Waals surface area contributed by atoms with E-state index < -0.39 is 0 Å². The summed E-state index contributed by atoms with van der Waals surface area (Å²) in [6, 6.07) is 4.22. The zero-order chi connectivity index (χ0) is 11.9. The maximum atomic E-state index is 5.63. The van der Waals surface area contributed by atoms with Crippen LogP contribution in [0, 0.1) is 0 Å². The average molecular weight is 268 g/mol. The molecule has 0 bridgehead atoms. The molecule has 0 spiro atoms. The summed E-state index contributed by atoms with van der Waals surface area (Å²) in [5.41, 5.74) is 0. The Balaban J connectivity index is 1.67. The summed E-state index contributed by atoms with van der Waals surface area (Å²) in [6.45, 7) is 4.41. The van der Waals surface area contributed by atoms with Crippen molar-refractivity contribution in [3.8, 4) is 0 Å². The molecule has 0 radical (unpaired) electrons. The third-order valence-corrected chi connectivity index (χ3v) is 4.06. The lowest BCUT2D eigenvalue weighted by molar-refractivity contribution is 0.126. The number of nitrogens with zero attached hydrogens (tertiary/aromatic N) is 1. The largest absolute Gasteiger partial charge is 0.375 e. The van der Waals surface area contributed by atoms with Crippen molar-refractivity contribution in [1.29, 1.82) is 0 Å². The van der Waals surface area contributed by atoms with Crippen LogP contribution in [0.3, 0.4) is 0 Å². The Bertz CT molecular complexity index is 425. The molecular formula is C12H16N2OS2. The van der Waals surface area contributed by atoms with Crippen LogP contribution in [0.2, 0.25) is 0 Å². The summed E-state index contributed by atoms with van der Waals surface area (Å²) in [5, 5.41) is 6.27. The molecule has 2 heterocycles. The van der Waals surface area contributed by atoms with E-state index in [2.05, 4.69) is 34.7 Å². The molecular weight excluding hydrogens is 252 g/mol. The van der Waals surface area contributed by atoms with E-state index in [4.69, 9.17) is 4.74 Å². The van der Waals surface area contributed by atoms with Crippen LogP contribution in [0.15, 0.2) is 23.7 Å². The van der Waals surface area contributed by atoms with Gasteiger partial charge < -0.3 is 10.1 Å². The molecule has 2 rings (SSSR count). The third-order valence-electron chi connectivity index (χ3n) is 2.20. The summed E-state index contributed by atoms with van der Waals surface area (Å²) in [5.74, 6) is 0. The van der Waals surface area contributed by atoms with E-state index in [0.29, 0.717) is 6.61 Å². The molecule has 0 amide bonds. The number of hydrogen-bond donors (Lipinski definition) is 1. The van der Waals surface area contributed by atoms with Crippen LogP contribution in [-0.4, -0.2) is 18.1 Å². The number of thiazole rings is 1. The lowest BCUT2D eigenvalue weighted by Crippen LogP contribution is -1.96. The van der Waals surface area contributed by atoms with Gasteiger partial charge in [-0.2, -0.15) is 0 Å². The second kappa shape index (κ2) is 6.74. The first-order valence-corrected chi connectivity index (χ1v) is 7.37. The van der Waals surface area contributed by atoms with Gasteiger partial charge in [0.05, 0.1) is 18.1 Å². The fraction of sp³-hybridized carbons (Fsp3) is 0.417. The minimum Gasteiger partial charge on any atom is -0.375 e. The average Bonchev–Trinajstić information content (AvgIpc) is 2.96. The van der Waals surface area contributed by atoms with E-state index in [1.54, 1.807) is 22.7 Å². The zero-order valence-corrected chi connectivity index (χ0v) is 11.4. The van der Waals surface area contributed by atoms with Gasteiger partial charge in [-0.05, 0) is 18.4 Å². The molecule has 1 N–H and O–H groups in total. The number of nitrogens with one attached hydrogen (secondary N) is 1. The van der Waals surface area contributed by atoms with E-state index in [-0.39, 0.29) is 0 Å². The summed E-state index contributed by atoms with van der Waals surface area (Å²) < 4.78 is 5.63. The molecule has 2 aromatic rings. The van der Waals surface area contributed by atoms with Crippen LogP contribution >= 0.6 is 22.7 Å². The quantitative estimate of drug-likeness (QED) is 0.782. The number of thiophene rings is 1. The first-order valence-electron chi connectivity index (χ1n) is 5.67. The second-order valence-electron chi connectivity index (χ2n) is 3.54. The van der Waals surface area contributed by atoms with Gasteiger partial charge in [-0.1, -0.05) is 17.4 Å². The Morgan fingerprint density at radius 1 is 1.41 bits per heavy atom. The number of ether oxygens (including phenoxy) is 1. The monoisotopic (exact) mass is 268 g/mol. The maximum Gasteiger partial charge on any atom is 0.182 e. The van der Waals surface area contributed by atoms with Crippen molar-refractivity contribution in [2.24, 2.45) is 0 Å². The van der Waals surface area contributed by atoms with Crippen molar-refractivity contribution in [1.82, 2.24) is 4.98 Å². The minimum atomic E-state index is 0.661. The SMILES string of the molecule is CCNc1ncc(COCCc2cccs2)s1. The highest BCUT2D eigenvalue weighted by atomic mass is 32.1. The van der Waals surface area contributed by atoms with E-state index in [1.807, 2.05) is 6.20 Å². The Morgan fingerprint density at radius 2 is 2.35 bits per heavy atom. The smallest absolute Gasteiger partial charge is 0.182 e. The minimum absolute atomic E-state index is 0.661. The summed E-state index contributed by atoms with van der Waals surface area (Å²) in [4.78, 5) is 6.81. The topological polar surface area (TPSA) is 34.2 Å². The summed E-state index contributed by atoms with van der Waals surface area (Å²) >= 11 is 3.44. The van der Waals surface area contributed by atoms with Gasteiger partial charge in [0.25, 0.3) is 0 Å². The van der Waals surface area contributed by atoms with Crippen molar-refractivity contribution in [2.75, 3.05) is 18.5 Å². The normalized spacial score (nSPS) is 10.6. The van der Waals surface area contributed by atoms with E-state index in [9.17, 15) is 0 Å². The first kappa shape index (κ1) is 12.5. The first-order chi connectivity index (χ1) is 8.38. The van der Waals surface area contributed by atoms with Crippen LogP contribution in [0.1, 0.15) is 16.7 Å². The predicted molar refractivity (Wildman–Crippen MR) is 74.0 cm³/mol. The highest BCUT2D eigenvalue weighted by molar-refractivity contribution is 7.15. The Kier molecular flexibility index (Phi) is 4.97. The van der Waals surface area contributed by atoms with Crippen molar-refractivity contribution in [3.63, 3.8) is 0 Å². The lowest BCUT2D eigenvalue weighted by atomic mass is 10.4. The van der Waals surface area contributed by atoms with Gasteiger partial charge in [0.2, 0.25) is 0 Å². The molecule has 0 aliphatic carbocycles. The van der Waals surface area contributed by atoms with E-state index in [0.717, 1.165) is 24.7 Å². The summed E-state index contributed by atoms with van der Waals surface area (Å²) in [6.07, 6.45) is 2.88. The predicted octanol–water partition coefficient (Wildman–Crippen LogP) is 3.40.